The molecule has 1 aliphatic heterocycles. The van der Waals surface area contributed by atoms with Crippen LogP contribution in [0, 0.1) is 5.41 Å². The van der Waals surface area contributed by atoms with E-state index in [1.807, 2.05) is 0 Å². The van der Waals surface area contributed by atoms with Gasteiger partial charge in [0.1, 0.15) is 11.2 Å². The number of rotatable bonds is 4. The van der Waals surface area contributed by atoms with E-state index in [1.165, 1.54) is 6.20 Å². The molecule has 1 fully saturated rings. The summed E-state index contributed by atoms with van der Waals surface area (Å²) in [6.07, 6.45) is 3.67. The number of nitrogens with two attached hydrogens (primary N) is 1. The van der Waals surface area contributed by atoms with Crippen LogP contribution in [0.25, 0.3) is 0 Å². The molecule has 8 heteroatoms. The first kappa shape index (κ1) is 18.9. The van der Waals surface area contributed by atoms with Crippen molar-refractivity contribution >= 4 is 17.3 Å². The zero-order valence-electron chi connectivity index (χ0n) is 14.5. The van der Waals surface area contributed by atoms with E-state index in [4.69, 9.17) is 11.1 Å². The first-order valence-corrected chi connectivity index (χ1v) is 8.48. The van der Waals surface area contributed by atoms with E-state index in [0.29, 0.717) is 18.7 Å². The fraction of sp³-hybridized carbons (Fsp3) is 0.263. The summed E-state index contributed by atoms with van der Waals surface area (Å²) in [7, 11) is 0. The molecule has 1 saturated heterocycles. The fourth-order valence-corrected chi connectivity index (χ4v) is 3.16. The highest BCUT2D eigenvalue weighted by molar-refractivity contribution is 6.28. The number of β-amino-alcohol motifs (C(OH)–C–C–N with tert-alkyl or cyclic N) is 1. The number of benzene rings is 1. The van der Waals surface area contributed by atoms with Gasteiger partial charge in [0, 0.05) is 24.0 Å². The molecule has 0 bridgehead atoms. The predicted octanol–water partition coefficient (Wildman–Crippen LogP) is 2.15. The van der Waals surface area contributed by atoms with E-state index in [1.54, 1.807) is 24.3 Å². The smallest absolute Gasteiger partial charge is 0.253 e. The zero-order chi connectivity index (χ0) is 19.6. The van der Waals surface area contributed by atoms with Crippen LogP contribution < -0.4 is 16.4 Å². The first-order chi connectivity index (χ1) is 12.8. The van der Waals surface area contributed by atoms with Crippen molar-refractivity contribution in [3.8, 4) is 0 Å². The lowest BCUT2D eigenvalue weighted by molar-refractivity contribution is -0.114. The molecule has 0 radical (unpaired) electrons. The Bertz CT molecular complexity index is 866. The van der Waals surface area contributed by atoms with Crippen LogP contribution in [0.15, 0.2) is 59.3 Å². The van der Waals surface area contributed by atoms with Gasteiger partial charge in [0.15, 0.2) is 11.7 Å². The van der Waals surface area contributed by atoms with Crippen LogP contribution in [-0.2, 0) is 10.4 Å². The summed E-state index contributed by atoms with van der Waals surface area (Å²) in [4.78, 5) is 11.3. The number of anilines is 1. The van der Waals surface area contributed by atoms with Crippen LogP contribution in [0.3, 0.4) is 0 Å². The van der Waals surface area contributed by atoms with Crippen LogP contribution in [0.2, 0.25) is 0 Å². The minimum Gasteiger partial charge on any atom is -0.384 e. The molecule has 6 nitrogen and oxygen atoms in total. The summed E-state index contributed by atoms with van der Waals surface area (Å²) in [6, 6.07) is 7.03. The molecule has 0 aromatic heterocycles. The van der Waals surface area contributed by atoms with Crippen molar-refractivity contribution in [1.82, 2.24) is 5.32 Å². The second-order valence-corrected chi connectivity index (χ2v) is 6.55. The Hall–Kier alpha value is -2.84. The number of piperidine rings is 1. The molecule has 1 unspecified atom stereocenters. The third-order valence-electron chi connectivity index (χ3n) is 4.67. The number of hydrogen-bond acceptors (Lipinski definition) is 5. The van der Waals surface area contributed by atoms with Gasteiger partial charge in [0.25, 0.3) is 5.91 Å². The van der Waals surface area contributed by atoms with Crippen molar-refractivity contribution in [3.05, 3.63) is 64.9 Å². The van der Waals surface area contributed by atoms with Crippen LogP contribution >= 0.6 is 0 Å². The lowest BCUT2D eigenvalue weighted by Crippen LogP contribution is -2.43. The number of halogens is 2. The second-order valence-electron chi connectivity index (χ2n) is 6.55. The van der Waals surface area contributed by atoms with Crippen LogP contribution in [0.4, 0.5) is 14.5 Å². The molecule has 27 heavy (non-hydrogen) atoms. The Morgan fingerprint density at radius 3 is 2.63 bits per heavy atom. The molecule has 1 heterocycles. The van der Waals surface area contributed by atoms with Gasteiger partial charge in [0.2, 0.25) is 0 Å². The minimum absolute atomic E-state index is 0.0121. The molecule has 1 amide bonds. The molecule has 1 aromatic rings. The van der Waals surface area contributed by atoms with Crippen LogP contribution in [0.1, 0.15) is 18.4 Å². The van der Waals surface area contributed by atoms with Crippen molar-refractivity contribution in [2.24, 2.45) is 5.73 Å². The standard InChI is InChI=1S/C19H20F2N4O2/c20-14-8-11(17(22)15(16(14)21)18(23)26)9-25-13-4-2-12(3-5-13)19(27)6-1-7-24-10-19/h2-5,8-9,22,24-25,27H,1,6-7,10H2,(H2,23,26)/b11-9-,22-17?. The number of carbonyl (C=O) groups is 1. The number of nitrogens with one attached hydrogen (secondary N) is 3. The van der Waals surface area contributed by atoms with E-state index < -0.39 is 34.4 Å². The van der Waals surface area contributed by atoms with E-state index in [-0.39, 0.29) is 5.57 Å². The quantitative estimate of drug-likeness (QED) is 0.556. The van der Waals surface area contributed by atoms with Gasteiger partial charge in [0.05, 0.1) is 5.71 Å². The highest BCUT2D eigenvalue weighted by Gasteiger charge is 2.31. The molecule has 142 valence electrons. The minimum atomic E-state index is -1.43. The van der Waals surface area contributed by atoms with E-state index in [2.05, 4.69) is 10.6 Å². The van der Waals surface area contributed by atoms with Gasteiger partial charge in [-0.3, -0.25) is 10.2 Å². The SMILES string of the molecule is N=C1C(C(N)=O)=C(F)C(F)=C/C1=C/Nc1ccc(C2(O)CCCNC2)cc1. The number of allylic oxidation sites excluding steroid dienone is 4. The van der Waals surface area contributed by atoms with Crippen molar-refractivity contribution in [2.45, 2.75) is 18.4 Å². The Balaban J connectivity index is 1.76. The van der Waals surface area contributed by atoms with Gasteiger partial charge in [-0.25, -0.2) is 8.78 Å². The highest BCUT2D eigenvalue weighted by atomic mass is 19.2. The average Bonchev–Trinajstić information content (AvgIpc) is 2.64. The molecule has 6 N–H and O–H groups in total. The van der Waals surface area contributed by atoms with Crippen LogP contribution in [-0.4, -0.2) is 29.8 Å². The third-order valence-corrected chi connectivity index (χ3v) is 4.67. The van der Waals surface area contributed by atoms with E-state index in [0.717, 1.165) is 24.6 Å². The van der Waals surface area contributed by atoms with Gasteiger partial charge in [-0.2, -0.15) is 0 Å². The van der Waals surface area contributed by atoms with E-state index in [9.17, 15) is 18.7 Å². The Morgan fingerprint density at radius 2 is 2.04 bits per heavy atom. The normalized spacial score (nSPS) is 24.8. The molecule has 1 atom stereocenters. The molecule has 1 aliphatic carbocycles. The molecule has 1 aromatic carbocycles. The van der Waals surface area contributed by atoms with Gasteiger partial charge in [-0.1, -0.05) is 12.1 Å². The molecule has 3 rings (SSSR count). The molecule has 2 aliphatic rings. The van der Waals surface area contributed by atoms with Gasteiger partial charge < -0.3 is 21.5 Å². The highest BCUT2D eigenvalue weighted by Crippen LogP contribution is 2.30. The summed E-state index contributed by atoms with van der Waals surface area (Å²) in [5, 5.41) is 24.6. The topological polar surface area (TPSA) is 111 Å². The van der Waals surface area contributed by atoms with Crippen molar-refractivity contribution < 1.29 is 18.7 Å². The molecular formula is C19H20F2N4O2. The third kappa shape index (κ3) is 3.81. The van der Waals surface area contributed by atoms with E-state index >= 15 is 0 Å². The van der Waals surface area contributed by atoms with Crippen molar-refractivity contribution in [2.75, 3.05) is 18.4 Å². The van der Waals surface area contributed by atoms with Gasteiger partial charge >= 0.3 is 0 Å². The Kier molecular flexibility index (Phi) is 5.20. The molecule has 0 saturated carbocycles. The molecule has 0 spiro atoms. The van der Waals surface area contributed by atoms with Crippen molar-refractivity contribution in [1.29, 1.82) is 5.41 Å². The Labute approximate surface area is 155 Å². The summed E-state index contributed by atoms with van der Waals surface area (Å²) >= 11 is 0. The first-order valence-electron chi connectivity index (χ1n) is 8.48. The fourth-order valence-electron chi connectivity index (χ4n) is 3.16. The maximum Gasteiger partial charge on any atom is 0.253 e. The summed E-state index contributed by atoms with van der Waals surface area (Å²) < 4.78 is 27.3. The molecular weight excluding hydrogens is 354 g/mol. The summed E-state index contributed by atoms with van der Waals surface area (Å²) in [6.45, 7) is 1.37. The maximum atomic E-state index is 13.7. The van der Waals surface area contributed by atoms with Crippen LogP contribution in [0.5, 0.6) is 0 Å². The number of carbonyl (C=O) groups excluding carboxylic acids is 1. The van der Waals surface area contributed by atoms with Crippen molar-refractivity contribution in [3.63, 3.8) is 0 Å². The largest absolute Gasteiger partial charge is 0.384 e. The monoisotopic (exact) mass is 374 g/mol. The second kappa shape index (κ2) is 7.42. The summed E-state index contributed by atoms with van der Waals surface area (Å²) in [5.41, 5.74) is 4.23. The van der Waals surface area contributed by atoms with Gasteiger partial charge in [-0.15, -0.1) is 0 Å². The average molecular weight is 374 g/mol. The predicted molar refractivity (Wildman–Crippen MR) is 98.4 cm³/mol. The number of amides is 1. The maximum absolute atomic E-state index is 13.7. The lowest BCUT2D eigenvalue weighted by Gasteiger charge is -2.33. The number of primary amides is 1. The zero-order valence-corrected chi connectivity index (χ0v) is 14.5. The van der Waals surface area contributed by atoms with Gasteiger partial charge in [-0.05, 0) is 43.2 Å². The Morgan fingerprint density at radius 1 is 1.33 bits per heavy atom. The number of hydrogen-bond donors (Lipinski definition) is 5. The summed E-state index contributed by atoms with van der Waals surface area (Å²) in [5.74, 6) is -3.89. The number of aliphatic hydroxyl groups is 1. The lowest BCUT2D eigenvalue weighted by atomic mass is 9.86.